The van der Waals surface area contributed by atoms with Crippen molar-refractivity contribution in [3.8, 4) is 5.75 Å². The van der Waals surface area contributed by atoms with E-state index in [1.807, 2.05) is 42.5 Å². The van der Waals surface area contributed by atoms with Crippen molar-refractivity contribution in [2.45, 2.75) is 24.9 Å². The maximum absolute atomic E-state index is 13.1. The van der Waals surface area contributed by atoms with E-state index in [-0.39, 0.29) is 12.6 Å². The van der Waals surface area contributed by atoms with Gasteiger partial charge in [-0.25, -0.2) is 4.79 Å². The number of imide groups is 1. The highest BCUT2D eigenvalue weighted by Gasteiger charge is 2.51. The number of carbonyl (C=O) groups excluding carboxylic acids is 3. The number of rotatable bonds is 4. The van der Waals surface area contributed by atoms with Crippen LogP contribution in [0.4, 0.5) is 4.79 Å². The van der Waals surface area contributed by atoms with Crippen LogP contribution in [0.5, 0.6) is 5.75 Å². The lowest BCUT2D eigenvalue weighted by atomic mass is 9.98. The number of para-hydroxylation sites is 2. The van der Waals surface area contributed by atoms with Crippen molar-refractivity contribution in [3.63, 3.8) is 0 Å². The molecule has 0 radical (unpaired) electrons. The lowest BCUT2D eigenvalue weighted by Crippen LogP contribution is -2.44. The number of fused-ring (bicyclic) bond motifs is 2. The first-order chi connectivity index (χ1) is 15.0. The summed E-state index contributed by atoms with van der Waals surface area (Å²) in [6, 6.07) is 15.7. The van der Waals surface area contributed by atoms with E-state index in [2.05, 4.69) is 10.6 Å². The average molecular weight is 419 g/mol. The van der Waals surface area contributed by atoms with E-state index in [1.165, 1.54) is 0 Å². The Kier molecular flexibility index (Phi) is 4.43. The largest absolute Gasteiger partial charge is 0.493 e. The fourth-order valence-electron chi connectivity index (χ4n) is 4.11. The third-order valence-corrected chi connectivity index (χ3v) is 5.79. The zero-order valence-corrected chi connectivity index (χ0v) is 16.9. The van der Waals surface area contributed by atoms with Gasteiger partial charge in [0, 0.05) is 17.4 Å². The van der Waals surface area contributed by atoms with E-state index in [1.54, 1.807) is 19.1 Å². The summed E-state index contributed by atoms with van der Waals surface area (Å²) in [4.78, 5) is 39.3. The highest BCUT2D eigenvalue weighted by Crippen LogP contribution is 2.34. The van der Waals surface area contributed by atoms with Gasteiger partial charge in [0.2, 0.25) is 5.91 Å². The molecule has 158 valence electrons. The molecule has 2 aliphatic heterocycles. The molecule has 0 saturated carbocycles. The van der Waals surface area contributed by atoms with Gasteiger partial charge in [-0.05, 0) is 25.1 Å². The van der Waals surface area contributed by atoms with Crippen molar-refractivity contribution < 1.29 is 23.5 Å². The number of hydrogen-bond acceptors (Lipinski definition) is 5. The summed E-state index contributed by atoms with van der Waals surface area (Å²) < 4.78 is 11.4. The van der Waals surface area contributed by atoms with Crippen molar-refractivity contribution >= 4 is 28.8 Å². The number of carbonyl (C=O) groups is 3. The molecule has 0 bridgehead atoms. The van der Waals surface area contributed by atoms with Crippen molar-refractivity contribution in [2.75, 3.05) is 13.2 Å². The number of benzene rings is 2. The van der Waals surface area contributed by atoms with Crippen molar-refractivity contribution in [1.82, 2.24) is 15.5 Å². The van der Waals surface area contributed by atoms with Crippen LogP contribution in [0.15, 0.2) is 59.0 Å². The lowest BCUT2D eigenvalue weighted by molar-refractivity contribution is -0.135. The van der Waals surface area contributed by atoms with E-state index < -0.39 is 23.4 Å². The maximum Gasteiger partial charge on any atom is 0.325 e. The molecule has 0 unspecified atom stereocenters. The Balaban J connectivity index is 1.33. The van der Waals surface area contributed by atoms with Gasteiger partial charge in [0.05, 0.1) is 12.6 Å². The monoisotopic (exact) mass is 419 g/mol. The molecule has 8 nitrogen and oxygen atoms in total. The van der Waals surface area contributed by atoms with Crippen LogP contribution in [0.1, 0.15) is 30.7 Å². The predicted molar refractivity (Wildman–Crippen MR) is 111 cm³/mol. The summed E-state index contributed by atoms with van der Waals surface area (Å²) in [5.74, 6) is 0.109. The molecule has 4 amide bonds. The molecule has 31 heavy (non-hydrogen) atoms. The highest BCUT2D eigenvalue weighted by atomic mass is 16.5. The van der Waals surface area contributed by atoms with E-state index in [4.69, 9.17) is 9.15 Å². The minimum atomic E-state index is -1.37. The fraction of sp³-hybridized carbons (Fsp3) is 0.261. The molecule has 2 N–H and O–H groups in total. The number of urea groups is 1. The van der Waals surface area contributed by atoms with Crippen molar-refractivity contribution in [2.24, 2.45) is 0 Å². The Morgan fingerprint density at radius 3 is 2.81 bits per heavy atom. The molecule has 0 aliphatic carbocycles. The number of nitrogens with zero attached hydrogens (tertiary/aromatic N) is 1. The molecule has 5 rings (SSSR count). The standard InChI is InChI=1S/C23H21N3O5/c1-23(19-12-14-6-2-4-8-17(14)31-19)21(28)26(22(29)25-23)13-20(27)24-16-10-11-30-18-9-5-3-7-15(16)18/h2-9,12,16H,10-11,13H2,1H3,(H,24,27)(H,25,29)/t16-,23+/m0/s1. The normalized spacial score (nSPS) is 22.7. The zero-order chi connectivity index (χ0) is 21.6. The minimum Gasteiger partial charge on any atom is -0.493 e. The van der Waals surface area contributed by atoms with Crippen LogP contribution in [0, 0.1) is 0 Å². The Morgan fingerprint density at radius 1 is 1.19 bits per heavy atom. The second kappa shape index (κ2) is 7.16. The molecular formula is C23H21N3O5. The predicted octanol–water partition coefficient (Wildman–Crippen LogP) is 2.84. The number of nitrogens with one attached hydrogen (secondary N) is 2. The van der Waals surface area contributed by atoms with E-state index in [0.717, 1.165) is 21.6 Å². The molecule has 2 aliphatic rings. The Morgan fingerprint density at radius 2 is 1.97 bits per heavy atom. The van der Waals surface area contributed by atoms with Gasteiger partial charge in [-0.1, -0.05) is 36.4 Å². The Hall–Kier alpha value is -3.81. The van der Waals surface area contributed by atoms with Gasteiger partial charge in [-0.15, -0.1) is 0 Å². The van der Waals surface area contributed by atoms with Crippen LogP contribution in [0.3, 0.4) is 0 Å². The molecule has 1 fully saturated rings. The van der Waals surface area contributed by atoms with Gasteiger partial charge >= 0.3 is 6.03 Å². The molecule has 2 aromatic carbocycles. The van der Waals surface area contributed by atoms with E-state index in [9.17, 15) is 14.4 Å². The summed E-state index contributed by atoms with van der Waals surface area (Å²) in [5, 5.41) is 6.42. The summed E-state index contributed by atoms with van der Waals surface area (Å²) in [7, 11) is 0. The van der Waals surface area contributed by atoms with Crippen molar-refractivity contribution in [1.29, 1.82) is 0 Å². The third kappa shape index (κ3) is 3.20. The van der Waals surface area contributed by atoms with Crippen LogP contribution >= 0.6 is 0 Å². The summed E-state index contributed by atoms with van der Waals surface area (Å²) >= 11 is 0. The first-order valence-corrected chi connectivity index (χ1v) is 10.1. The van der Waals surface area contributed by atoms with Crippen LogP contribution in [-0.2, 0) is 15.1 Å². The van der Waals surface area contributed by atoms with Crippen LogP contribution in [0.2, 0.25) is 0 Å². The van der Waals surface area contributed by atoms with Gasteiger partial charge < -0.3 is 19.8 Å². The van der Waals surface area contributed by atoms with Gasteiger partial charge in [0.15, 0.2) is 5.54 Å². The van der Waals surface area contributed by atoms with Gasteiger partial charge in [-0.3, -0.25) is 14.5 Å². The fourth-order valence-corrected chi connectivity index (χ4v) is 4.11. The minimum absolute atomic E-state index is 0.236. The van der Waals surface area contributed by atoms with Crippen LogP contribution in [-0.4, -0.2) is 35.9 Å². The molecular weight excluding hydrogens is 398 g/mol. The zero-order valence-electron chi connectivity index (χ0n) is 16.9. The summed E-state index contributed by atoms with van der Waals surface area (Å²) in [6.45, 7) is 1.69. The number of hydrogen-bond donors (Lipinski definition) is 2. The topological polar surface area (TPSA) is 101 Å². The van der Waals surface area contributed by atoms with Gasteiger partial charge in [0.25, 0.3) is 5.91 Å². The second-order valence-electron chi connectivity index (χ2n) is 7.89. The number of furan rings is 1. The highest BCUT2D eigenvalue weighted by molar-refractivity contribution is 6.09. The third-order valence-electron chi connectivity index (χ3n) is 5.79. The van der Waals surface area contributed by atoms with E-state index in [0.29, 0.717) is 24.4 Å². The smallest absolute Gasteiger partial charge is 0.325 e. The van der Waals surface area contributed by atoms with Gasteiger partial charge in [-0.2, -0.15) is 0 Å². The summed E-state index contributed by atoms with van der Waals surface area (Å²) in [6.07, 6.45) is 0.611. The molecule has 0 spiro atoms. The first-order valence-electron chi connectivity index (χ1n) is 10.1. The quantitative estimate of drug-likeness (QED) is 0.634. The van der Waals surface area contributed by atoms with Crippen molar-refractivity contribution in [3.05, 3.63) is 65.9 Å². The maximum atomic E-state index is 13.1. The average Bonchev–Trinajstić information content (AvgIpc) is 3.30. The molecule has 8 heteroatoms. The number of ether oxygens (including phenoxy) is 1. The number of amides is 4. The Labute approximate surface area is 178 Å². The van der Waals surface area contributed by atoms with Crippen LogP contribution < -0.4 is 15.4 Å². The molecule has 1 aromatic heterocycles. The first kappa shape index (κ1) is 19.2. The van der Waals surface area contributed by atoms with Gasteiger partial charge in [0.1, 0.15) is 23.6 Å². The Bertz CT molecular complexity index is 1170. The summed E-state index contributed by atoms with van der Waals surface area (Å²) in [5.41, 5.74) is 0.128. The molecule has 1 saturated heterocycles. The second-order valence-corrected chi connectivity index (χ2v) is 7.89. The molecule has 3 aromatic rings. The van der Waals surface area contributed by atoms with Crippen LogP contribution in [0.25, 0.3) is 11.0 Å². The SMILES string of the molecule is C[C@]1(c2cc3ccccc3o2)NC(=O)N(CC(=O)N[C@H]2CCOc3ccccc32)C1=O. The molecule has 2 atom stereocenters. The lowest BCUT2D eigenvalue weighted by Gasteiger charge is -2.27. The van der Waals surface area contributed by atoms with E-state index >= 15 is 0 Å². The molecule has 3 heterocycles.